The number of H-pyrrole nitrogens is 1. The van der Waals surface area contributed by atoms with E-state index >= 15 is 0 Å². The van der Waals surface area contributed by atoms with Crippen LogP contribution < -0.4 is 21.7 Å². The number of hydrogen-bond acceptors (Lipinski definition) is 9. The molecule has 8 N–H and O–H groups in total. The molecule has 0 radical (unpaired) electrons. The maximum absolute atomic E-state index is 13.0. The van der Waals surface area contributed by atoms with E-state index in [2.05, 4.69) is 25.9 Å². The molecule has 0 saturated carbocycles. The van der Waals surface area contributed by atoms with E-state index in [0.29, 0.717) is 23.6 Å². The number of thioether (sulfide) groups is 2. The fourth-order valence-corrected chi connectivity index (χ4v) is 3.87. The summed E-state index contributed by atoms with van der Waals surface area (Å²) in [6.45, 7) is 1.25. The minimum absolute atomic E-state index is 0.206. The number of imidazole rings is 1. The Morgan fingerprint density at radius 3 is 2.00 bits per heavy atom. The largest absolute Gasteiger partial charge is 0.480 e. The molecule has 5 unspecified atom stereocenters. The van der Waals surface area contributed by atoms with Gasteiger partial charge < -0.3 is 36.9 Å². The number of carbonyl (C=O) groups excluding carboxylic acids is 3. The highest BCUT2D eigenvalue weighted by molar-refractivity contribution is 7.98. The molecule has 0 aliphatic heterocycles. The third-order valence-electron chi connectivity index (χ3n) is 4.86. The number of aliphatic hydroxyl groups excluding tert-OH is 1. The average molecular weight is 519 g/mol. The van der Waals surface area contributed by atoms with Crippen molar-refractivity contribution in [2.24, 2.45) is 5.73 Å². The van der Waals surface area contributed by atoms with Crippen molar-refractivity contribution >= 4 is 47.2 Å². The molecule has 14 heteroatoms. The van der Waals surface area contributed by atoms with Crippen LogP contribution in [0.4, 0.5) is 0 Å². The zero-order valence-corrected chi connectivity index (χ0v) is 21.1. The summed E-state index contributed by atoms with van der Waals surface area (Å²) in [7, 11) is 0. The Hall–Kier alpha value is -2.29. The van der Waals surface area contributed by atoms with Crippen LogP contribution in [0.1, 0.15) is 25.5 Å². The van der Waals surface area contributed by atoms with Gasteiger partial charge in [-0.1, -0.05) is 0 Å². The van der Waals surface area contributed by atoms with Gasteiger partial charge >= 0.3 is 5.97 Å². The van der Waals surface area contributed by atoms with Gasteiger partial charge in [-0.05, 0) is 43.8 Å². The predicted molar refractivity (Wildman–Crippen MR) is 131 cm³/mol. The summed E-state index contributed by atoms with van der Waals surface area (Å²) in [5.41, 5.74) is 6.64. The summed E-state index contributed by atoms with van der Waals surface area (Å²) in [5.74, 6) is -2.15. The number of carboxylic acid groups (broad SMARTS) is 1. The number of aromatic nitrogens is 2. The summed E-state index contributed by atoms with van der Waals surface area (Å²) in [4.78, 5) is 56.4. The number of hydrogen-bond donors (Lipinski definition) is 7. The molecule has 1 heterocycles. The van der Waals surface area contributed by atoms with Crippen molar-refractivity contribution in [1.82, 2.24) is 25.9 Å². The highest BCUT2D eigenvalue weighted by Crippen LogP contribution is 2.07. The molecule has 0 aromatic carbocycles. The number of carboxylic acids is 1. The van der Waals surface area contributed by atoms with Crippen LogP contribution in [0.2, 0.25) is 0 Å². The van der Waals surface area contributed by atoms with E-state index in [1.165, 1.54) is 36.8 Å². The number of nitrogens with two attached hydrogens (primary N) is 1. The second-order valence-electron chi connectivity index (χ2n) is 7.64. The van der Waals surface area contributed by atoms with Crippen molar-refractivity contribution < 1.29 is 29.4 Å². The summed E-state index contributed by atoms with van der Waals surface area (Å²) < 4.78 is 0. The first-order valence-electron chi connectivity index (χ1n) is 10.6. The van der Waals surface area contributed by atoms with E-state index in [-0.39, 0.29) is 12.8 Å². The van der Waals surface area contributed by atoms with E-state index in [1.807, 2.05) is 12.5 Å². The number of aliphatic hydroxyl groups is 1. The summed E-state index contributed by atoms with van der Waals surface area (Å²) >= 11 is 2.94. The van der Waals surface area contributed by atoms with E-state index in [4.69, 9.17) is 5.73 Å². The van der Waals surface area contributed by atoms with Gasteiger partial charge in [-0.3, -0.25) is 14.4 Å². The molecule has 34 heavy (non-hydrogen) atoms. The molecule has 5 atom stereocenters. The predicted octanol–water partition coefficient (Wildman–Crippen LogP) is -1.29. The van der Waals surface area contributed by atoms with E-state index in [0.717, 1.165) is 0 Å². The molecule has 192 valence electrons. The Morgan fingerprint density at radius 1 is 1.03 bits per heavy atom. The monoisotopic (exact) mass is 518 g/mol. The molecule has 1 aromatic heterocycles. The van der Waals surface area contributed by atoms with Gasteiger partial charge in [0.2, 0.25) is 17.7 Å². The van der Waals surface area contributed by atoms with E-state index in [1.54, 1.807) is 6.20 Å². The number of amides is 3. The molecule has 1 rings (SSSR count). The van der Waals surface area contributed by atoms with Crippen molar-refractivity contribution in [1.29, 1.82) is 0 Å². The van der Waals surface area contributed by atoms with Crippen LogP contribution in [0.3, 0.4) is 0 Å². The lowest BCUT2D eigenvalue weighted by molar-refractivity contribution is -0.145. The first kappa shape index (κ1) is 29.7. The first-order valence-corrected chi connectivity index (χ1v) is 13.4. The number of carbonyl (C=O) groups is 4. The average Bonchev–Trinajstić information content (AvgIpc) is 3.29. The number of aliphatic carboxylic acids is 1. The lowest BCUT2D eigenvalue weighted by atomic mass is 10.1. The quantitative estimate of drug-likeness (QED) is 0.138. The molecular weight excluding hydrogens is 484 g/mol. The van der Waals surface area contributed by atoms with Gasteiger partial charge in [0.05, 0.1) is 18.5 Å². The van der Waals surface area contributed by atoms with Crippen molar-refractivity contribution in [3.05, 3.63) is 18.2 Å². The molecule has 12 nitrogen and oxygen atoms in total. The molecule has 1 aromatic rings. The Labute approximate surface area is 207 Å². The standard InChI is InChI=1S/C20H34N6O6S2/c1-11(27)16(20(31)32)26-19(30)15(5-7-34-3)25-18(29)14(4-6-33-2)24-17(28)13(21)8-12-9-22-10-23-12/h9-11,13-16,27H,4-8,21H2,1-3H3,(H,22,23)(H,24,28)(H,25,29)(H,26,30)(H,31,32). The van der Waals surface area contributed by atoms with Crippen molar-refractivity contribution in [3.63, 3.8) is 0 Å². The SMILES string of the molecule is CSCCC(NC(=O)C(N)Cc1cnc[nH]1)C(=O)NC(CCSC)C(=O)NC(C(=O)O)C(C)O. The second kappa shape index (κ2) is 15.6. The summed E-state index contributed by atoms with van der Waals surface area (Å²) in [6, 6.07) is -4.42. The van der Waals surface area contributed by atoms with E-state index < -0.39 is 54.0 Å². The fourth-order valence-electron chi connectivity index (χ4n) is 2.93. The zero-order valence-electron chi connectivity index (χ0n) is 19.4. The number of aromatic amines is 1. The molecule has 0 saturated heterocycles. The number of nitrogens with zero attached hydrogens (tertiary/aromatic N) is 1. The van der Waals surface area contributed by atoms with Crippen LogP contribution in [0.15, 0.2) is 12.5 Å². The molecule has 0 spiro atoms. The lowest BCUT2D eigenvalue weighted by Crippen LogP contribution is -2.58. The van der Waals surface area contributed by atoms with Crippen LogP contribution >= 0.6 is 23.5 Å². The van der Waals surface area contributed by atoms with Gasteiger partial charge in [0.1, 0.15) is 12.1 Å². The molecular formula is C20H34N6O6S2. The lowest BCUT2D eigenvalue weighted by Gasteiger charge is -2.25. The van der Waals surface area contributed by atoms with Gasteiger partial charge in [-0.2, -0.15) is 23.5 Å². The Morgan fingerprint density at radius 2 is 1.56 bits per heavy atom. The molecule has 3 amide bonds. The Balaban J connectivity index is 2.89. The van der Waals surface area contributed by atoms with Crippen LogP contribution in [-0.2, 0) is 25.6 Å². The van der Waals surface area contributed by atoms with Crippen LogP contribution in [-0.4, -0.2) is 98.2 Å². The summed E-state index contributed by atoms with van der Waals surface area (Å²) in [5, 5.41) is 26.4. The number of rotatable bonds is 16. The minimum Gasteiger partial charge on any atom is -0.480 e. The Kier molecular flexibility index (Phi) is 13.6. The van der Waals surface area contributed by atoms with Crippen molar-refractivity contribution in [2.75, 3.05) is 24.0 Å². The van der Waals surface area contributed by atoms with Gasteiger partial charge in [0, 0.05) is 18.3 Å². The molecule has 0 aliphatic rings. The van der Waals surface area contributed by atoms with Crippen LogP contribution in [0.5, 0.6) is 0 Å². The fraction of sp³-hybridized carbons (Fsp3) is 0.650. The first-order chi connectivity index (χ1) is 16.1. The van der Waals surface area contributed by atoms with Gasteiger partial charge in [0.25, 0.3) is 0 Å². The van der Waals surface area contributed by atoms with Gasteiger partial charge in [-0.15, -0.1) is 0 Å². The van der Waals surface area contributed by atoms with Crippen LogP contribution in [0, 0.1) is 0 Å². The highest BCUT2D eigenvalue weighted by atomic mass is 32.2. The maximum atomic E-state index is 13.0. The zero-order chi connectivity index (χ0) is 25.7. The topological polar surface area (TPSA) is 200 Å². The maximum Gasteiger partial charge on any atom is 0.328 e. The third-order valence-corrected chi connectivity index (χ3v) is 6.15. The second-order valence-corrected chi connectivity index (χ2v) is 9.61. The molecule has 0 bridgehead atoms. The van der Waals surface area contributed by atoms with E-state index in [9.17, 15) is 29.4 Å². The summed E-state index contributed by atoms with van der Waals surface area (Å²) in [6.07, 6.45) is 6.12. The normalized spacial score (nSPS) is 15.4. The molecule has 0 aliphatic carbocycles. The van der Waals surface area contributed by atoms with Gasteiger partial charge in [-0.25, -0.2) is 9.78 Å². The Bertz CT molecular complexity index is 795. The third kappa shape index (κ3) is 10.3. The van der Waals surface area contributed by atoms with Crippen molar-refractivity contribution in [3.8, 4) is 0 Å². The highest BCUT2D eigenvalue weighted by Gasteiger charge is 2.31. The van der Waals surface area contributed by atoms with Gasteiger partial charge in [0.15, 0.2) is 6.04 Å². The van der Waals surface area contributed by atoms with Crippen LogP contribution in [0.25, 0.3) is 0 Å². The molecule has 0 fully saturated rings. The smallest absolute Gasteiger partial charge is 0.328 e. The number of nitrogens with one attached hydrogen (secondary N) is 4. The van der Waals surface area contributed by atoms with Crippen molar-refractivity contribution in [2.45, 2.75) is 56.5 Å². The minimum atomic E-state index is -1.52.